The van der Waals surface area contributed by atoms with Crippen LogP contribution < -0.4 is 0 Å². The van der Waals surface area contributed by atoms with E-state index in [-0.39, 0.29) is 17.1 Å². The van der Waals surface area contributed by atoms with E-state index in [0.29, 0.717) is 19.3 Å². The molecule has 0 amide bonds. The Bertz CT molecular complexity index is 313. The molecule has 0 spiro atoms. The normalized spacial score (nSPS) is 39.4. The Morgan fingerprint density at radius 2 is 2.12 bits per heavy atom. The smallest absolute Gasteiger partial charge is 0.222 e. The molecule has 0 heterocycles. The maximum Gasteiger partial charge on any atom is 0.222 e. The number of aliphatic hydroxyl groups is 1. The fourth-order valence-corrected chi connectivity index (χ4v) is 2.56. The molecule has 5 nitrogen and oxygen atoms in total. The second-order valence-electron chi connectivity index (χ2n) is 5.06. The fourth-order valence-electron chi connectivity index (χ4n) is 2.56. The number of carbonyl (C=O) groups excluding carboxylic acids is 1. The Labute approximate surface area is 95.0 Å². The van der Waals surface area contributed by atoms with E-state index in [0.717, 1.165) is 0 Å². The second kappa shape index (κ2) is 4.13. The molecule has 0 aromatic rings. The Balaban J connectivity index is 3.00. The summed E-state index contributed by atoms with van der Waals surface area (Å²) >= 11 is 0. The summed E-state index contributed by atoms with van der Waals surface area (Å²) < 4.78 is 0. The summed E-state index contributed by atoms with van der Waals surface area (Å²) in [5.74, 6) is -0.782. The molecular weight excluding hydrogens is 210 g/mol. The molecule has 0 bridgehead atoms. The van der Waals surface area contributed by atoms with Gasteiger partial charge in [-0.1, -0.05) is 6.92 Å². The SMILES string of the molecule is CC[C@]1([N+](=O)[O-])CC[C@@](C)(O)[C@H](C(C)=O)C1. The van der Waals surface area contributed by atoms with Crippen molar-refractivity contribution in [3.8, 4) is 0 Å². The first kappa shape index (κ1) is 13.1. The molecule has 0 unspecified atom stereocenters. The van der Waals surface area contributed by atoms with Crippen molar-refractivity contribution in [1.82, 2.24) is 0 Å². The average molecular weight is 229 g/mol. The van der Waals surface area contributed by atoms with Gasteiger partial charge in [0.1, 0.15) is 5.78 Å². The van der Waals surface area contributed by atoms with Crippen molar-refractivity contribution in [2.75, 3.05) is 0 Å². The predicted molar refractivity (Wildman–Crippen MR) is 58.7 cm³/mol. The molecule has 0 radical (unpaired) electrons. The number of nitrogens with zero attached hydrogens (tertiary/aromatic N) is 1. The van der Waals surface area contributed by atoms with Gasteiger partial charge in [-0.25, -0.2) is 0 Å². The number of rotatable bonds is 3. The van der Waals surface area contributed by atoms with Crippen LogP contribution in [0.15, 0.2) is 0 Å². The van der Waals surface area contributed by atoms with Gasteiger partial charge in [0.15, 0.2) is 0 Å². The first-order valence-corrected chi connectivity index (χ1v) is 5.62. The highest BCUT2D eigenvalue weighted by atomic mass is 16.6. The number of hydrogen-bond donors (Lipinski definition) is 1. The summed E-state index contributed by atoms with van der Waals surface area (Å²) in [6, 6.07) is 0. The second-order valence-corrected chi connectivity index (χ2v) is 5.06. The quantitative estimate of drug-likeness (QED) is 0.588. The fraction of sp³-hybridized carbons (Fsp3) is 0.909. The van der Waals surface area contributed by atoms with Crippen LogP contribution in [0.25, 0.3) is 0 Å². The molecule has 16 heavy (non-hydrogen) atoms. The molecule has 5 heteroatoms. The lowest BCUT2D eigenvalue weighted by atomic mass is 9.66. The topological polar surface area (TPSA) is 80.4 Å². The Hall–Kier alpha value is -0.970. The van der Waals surface area contributed by atoms with Crippen molar-refractivity contribution in [3.63, 3.8) is 0 Å². The van der Waals surface area contributed by atoms with Gasteiger partial charge < -0.3 is 5.11 Å². The van der Waals surface area contributed by atoms with E-state index < -0.39 is 17.1 Å². The minimum absolute atomic E-state index is 0.152. The molecule has 3 atom stereocenters. The van der Waals surface area contributed by atoms with Crippen LogP contribution in [0.4, 0.5) is 0 Å². The molecule has 1 aliphatic rings. The summed E-state index contributed by atoms with van der Waals surface area (Å²) in [6.07, 6.45) is 1.21. The Morgan fingerprint density at radius 3 is 2.50 bits per heavy atom. The Kier molecular flexibility index (Phi) is 3.38. The van der Waals surface area contributed by atoms with E-state index in [4.69, 9.17) is 0 Å². The van der Waals surface area contributed by atoms with Gasteiger partial charge in [-0.05, 0) is 20.3 Å². The summed E-state index contributed by atoms with van der Waals surface area (Å²) in [6.45, 7) is 4.75. The van der Waals surface area contributed by atoms with Crippen LogP contribution >= 0.6 is 0 Å². The van der Waals surface area contributed by atoms with Crippen molar-refractivity contribution in [1.29, 1.82) is 0 Å². The van der Waals surface area contributed by atoms with E-state index in [1.807, 2.05) is 0 Å². The van der Waals surface area contributed by atoms with Crippen molar-refractivity contribution in [3.05, 3.63) is 10.1 Å². The average Bonchev–Trinajstić information content (AvgIpc) is 2.17. The van der Waals surface area contributed by atoms with Gasteiger partial charge in [0, 0.05) is 24.2 Å². The lowest BCUT2D eigenvalue weighted by molar-refractivity contribution is -0.578. The van der Waals surface area contributed by atoms with Gasteiger partial charge in [-0.15, -0.1) is 0 Å². The summed E-state index contributed by atoms with van der Waals surface area (Å²) in [4.78, 5) is 22.3. The van der Waals surface area contributed by atoms with Crippen LogP contribution in [0, 0.1) is 16.0 Å². The molecule has 1 fully saturated rings. The minimum Gasteiger partial charge on any atom is -0.389 e. The third-order valence-corrected chi connectivity index (χ3v) is 3.97. The van der Waals surface area contributed by atoms with Crippen molar-refractivity contribution in [2.24, 2.45) is 5.92 Å². The molecule has 1 aliphatic carbocycles. The number of hydrogen-bond acceptors (Lipinski definition) is 4. The zero-order chi connectivity index (χ0) is 12.6. The maximum atomic E-state index is 11.5. The highest BCUT2D eigenvalue weighted by molar-refractivity contribution is 5.79. The largest absolute Gasteiger partial charge is 0.389 e. The molecule has 92 valence electrons. The molecule has 0 aliphatic heterocycles. The molecule has 1 saturated carbocycles. The van der Waals surface area contributed by atoms with E-state index in [9.17, 15) is 20.0 Å². The monoisotopic (exact) mass is 229 g/mol. The first-order chi connectivity index (χ1) is 7.25. The van der Waals surface area contributed by atoms with Gasteiger partial charge in [0.05, 0.1) is 11.5 Å². The van der Waals surface area contributed by atoms with E-state index >= 15 is 0 Å². The van der Waals surface area contributed by atoms with Gasteiger partial charge >= 0.3 is 0 Å². The Morgan fingerprint density at radius 1 is 1.56 bits per heavy atom. The third kappa shape index (κ3) is 2.09. The van der Waals surface area contributed by atoms with E-state index in [1.54, 1.807) is 13.8 Å². The van der Waals surface area contributed by atoms with E-state index in [1.165, 1.54) is 6.92 Å². The number of Topliss-reactive ketones (excluding diaryl/α,β-unsaturated/α-hetero) is 1. The zero-order valence-corrected chi connectivity index (χ0v) is 10.0. The minimum atomic E-state index is -1.10. The number of nitro groups is 1. The molecular formula is C11H19NO4. The standard InChI is InChI=1S/C11H19NO4/c1-4-11(12(15)16)6-5-10(3,14)9(7-11)8(2)13/h9,14H,4-7H2,1-3H3/t9-,10+,11-/m0/s1. The predicted octanol–water partition coefficient (Wildman–Crippen LogP) is 1.55. The van der Waals surface area contributed by atoms with Gasteiger partial charge in [-0.2, -0.15) is 0 Å². The van der Waals surface area contributed by atoms with Crippen molar-refractivity contribution >= 4 is 5.78 Å². The van der Waals surface area contributed by atoms with E-state index in [2.05, 4.69) is 0 Å². The molecule has 0 saturated heterocycles. The lowest BCUT2D eigenvalue weighted by Gasteiger charge is -2.41. The summed E-state index contributed by atoms with van der Waals surface area (Å²) in [7, 11) is 0. The highest BCUT2D eigenvalue weighted by Crippen LogP contribution is 2.42. The van der Waals surface area contributed by atoms with Crippen LogP contribution in [0.1, 0.15) is 46.5 Å². The number of ketones is 1. The molecule has 0 aromatic heterocycles. The zero-order valence-electron chi connectivity index (χ0n) is 10.0. The van der Waals surface area contributed by atoms with Crippen LogP contribution in [0.5, 0.6) is 0 Å². The number of carbonyl (C=O) groups is 1. The summed E-state index contributed by atoms with van der Waals surface area (Å²) in [5, 5.41) is 21.2. The van der Waals surface area contributed by atoms with Gasteiger partial charge in [0.25, 0.3) is 0 Å². The van der Waals surface area contributed by atoms with Gasteiger partial charge in [-0.3, -0.25) is 14.9 Å². The van der Waals surface area contributed by atoms with Crippen LogP contribution in [0.3, 0.4) is 0 Å². The maximum absolute atomic E-state index is 11.5. The molecule has 1 rings (SSSR count). The van der Waals surface area contributed by atoms with Crippen LogP contribution in [0.2, 0.25) is 0 Å². The third-order valence-electron chi connectivity index (χ3n) is 3.97. The molecule has 1 N–H and O–H groups in total. The highest BCUT2D eigenvalue weighted by Gasteiger charge is 2.53. The van der Waals surface area contributed by atoms with Gasteiger partial charge in [0.2, 0.25) is 5.54 Å². The van der Waals surface area contributed by atoms with Crippen LogP contribution in [-0.4, -0.2) is 27.0 Å². The van der Waals surface area contributed by atoms with Crippen molar-refractivity contribution in [2.45, 2.75) is 57.6 Å². The van der Waals surface area contributed by atoms with Crippen LogP contribution in [-0.2, 0) is 4.79 Å². The molecule has 0 aromatic carbocycles. The first-order valence-electron chi connectivity index (χ1n) is 5.62. The van der Waals surface area contributed by atoms with Crippen molar-refractivity contribution < 1.29 is 14.8 Å². The lowest BCUT2D eigenvalue weighted by Crippen LogP contribution is -2.53. The summed E-state index contributed by atoms with van der Waals surface area (Å²) in [5.41, 5.74) is -2.13.